The van der Waals surface area contributed by atoms with Crippen molar-refractivity contribution in [2.75, 3.05) is 30.8 Å². The van der Waals surface area contributed by atoms with Crippen molar-refractivity contribution in [2.45, 2.75) is 40.7 Å². The summed E-state index contributed by atoms with van der Waals surface area (Å²) >= 11 is 6.56. The summed E-state index contributed by atoms with van der Waals surface area (Å²) in [4.78, 5) is 39.5. The molecule has 0 spiro atoms. The highest BCUT2D eigenvalue weighted by Crippen LogP contribution is 2.34. The van der Waals surface area contributed by atoms with Crippen LogP contribution in [0.1, 0.15) is 63.6 Å². The van der Waals surface area contributed by atoms with E-state index < -0.39 is 11.9 Å². The number of ether oxygens (including phenoxy) is 2. The van der Waals surface area contributed by atoms with Gasteiger partial charge in [-0.1, -0.05) is 0 Å². The van der Waals surface area contributed by atoms with Crippen LogP contribution in [0.3, 0.4) is 0 Å². The number of amides is 1. The first-order valence-electron chi connectivity index (χ1n) is 10.5. The molecule has 2 rings (SSSR count). The average molecular weight is 492 g/mol. The maximum Gasteiger partial charge on any atom is 0.341 e. The van der Waals surface area contributed by atoms with E-state index in [-0.39, 0.29) is 22.7 Å². The van der Waals surface area contributed by atoms with Gasteiger partial charge in [0.1, 0.15) is 5.00 Å². The Morgan fingerprint density at radius 2 is 1.67 bits per heavy atom. The number of esters is 2. The molecule has 8 nitrogen and oxygen atoms in total. The monoisotopic (exact) mass is 491 g/mol. The molecule has 2 N–H and O–H groups in total. The first-order chi connectivity index (χ1) is 15.6. The number of carbonyl (C=O) groups is 3. The fourth-order valence-corrected chi connectivity index (χ4v) is 4.50. The van der Waals surface area contributed by atoms with E-state index in [1.165, 1.54) is 7.11 Å². The van der Waals surface area contributed by atoms with E-state index in [2.05, 4.69) is 10.6 Å². The Kier molecular flexibility index (Phi) is 9.36. The van der Waals surface area contributed by atoms with Gasteiger partial charge in [0.2, 0.25) is 0 Å². The number of benzene rings is 1. The number of hydrogen-bond donors (Lipinski definition) is 2. The molecule has 1 aromatic heterocycles. The number of nitrogens with one attached hydrogen (secondary N) is 2. The summed E-state index contributed by atoms with van der Waals surface area (Å²) in [5.41, 5.74) is 1.88. The molecule has 0 aliphatic carbocycles. The van der Waals surface area contributed by atoms with E-state index in [1.54, 1.807) is 49.9 Å². The fourth-order valence-electron chi connectivity index (χ4n) is 3.05. The van der Waals surface area contributed by atoms with Crippen molar-refractivity contribution in [3.05, 3.63) is 45.8 Å². The number of carbonyl (C=O) groups excluding carboxylic acids is 3. The predicted octanol–water partition coefficient (Wildman–Crippen LogP) is 4.70. The van der Waals surface area contributed by atoms with Crippen molar-refractivity contribution >= 4 is 57.2 Å². The average Bonchev–Trinajstić information content (AvgIpc) is 3.09. The molecule has 1 aromatic carbocycles. The van der Waals surface area contributed by atoms with Crippen molar-refractivity contribution in [2.24, 2.45) is 0 Å². The fraction of sp³-hybridized carbons (Fsp3) is 0.391. The third-order valence-corrected chi connectivity index (χ3v) is 6.13. The van der Waals surface area contributed by atoms with Crippen LogP contribution in [-0.2, 0) is 9.47 Å². The van der Waals surface area contributed by atoms with Crippen molar-refractivity contribution < 1.29 is 23.9 Å². The van der Waals surface area contributed by atoms with E-state index >= 15 is 0 Å². The van der Waals surface area contributed by atoms with Crippen LogP contribution >= 0.6 is 23.6 Å². The molecule has 178 valence electrons. The highest BCUT2D eigenvalue weighted by atomic mass is 32.1. The van der Waals surface area contributed by atoms with E-state index in [0.29, 0.717) is 39.8 Å². The molecule has 33 heavy (non-hydrogen) atoms. The van der Waals surface area contributed by atoms with Gasteiger partial charge in [-0.05, 0) is 76.7 Å². The van der Waals surface area contributed by atoms with Gasteiger partial charge in [-0.15, -0.1) is 11.3 Å². The zero-order valence-electron chi connectivity index (χ0n) is 19.6. The summed E-state index contributed by atoms with van der Waals surface area (Å²) in [6.07, 6.45) is -0.205. The number of nitrogens with zero attached hydrogens (tertiary/aromatic N) is 1. The Hall–Kier alpha value is -2.98. The second-order valence-electron chi connectivity index (χ2n) is 7.34. The Labute approximate surface area is 203 Å². The Morgan fingerprint density at radius 3 is 2.18 bits per heavy atom. The van der Waals surface area contributed by atoms with Crippen LogP contribution in [0.5, 0.6) is 0 Å². The highest BCUT2D eigenvalue weighted by Gasteiger charge is 2.27. The van der Waals surface area contributed by atoms with Gasteiger partial charge in [0.25, 0.3) is 5.91 Å². The van der Waals surface area contributed by atoms with Crippen molar-refractivity contribution in [3.8, 4) is 0 Å². The molecule has 0 atom stereocenters. The number of hydrogen-bond acceptors (Lipinski definition) is 7. The minimum atomic E-state index is -0.555. The quantitative estimate of drug-likeness (QED) is 0.405. The number of rotatable bonds is 8. The van der Waals surface area contributed by atoms with Gasteiger partial charge in [0.05, 0.1) is 29.2 Å². The number of thiocarbonyl (C=S) groups is 1. The second kappa shape index (κ2) is 11.8. The molecule has 1 heterocycles. The van der Waals surface area contributed by atoms with Gasteiger partial charge in [0, 0.05) is 18.8 Å². The summed E-state index contributed by atoms with van der Waals surface area (Å²) in [5.74, 6) is -1.11. The van der Waals surface area contributed by atoms with Gasteiger partial charge >= 0.3 is 11.9 Å². The standard InChI is InChI=1S/C23H29N3O5S2/c1-7-26(8-2)20(27)18-14(5)17(22(29)30-6)19(33-18)25-23(32)24-16-11-9-15(10-12-16)21(28)31-13(3)4/h9-13H,7-8H2,1-6H3,(H2,24,25,32). The molecule has 0 saturated heterocycles. The van der Waals surface area contributed by atoms with Crippen LogP contribution in [0.2, 0.25) is 0 Å². The lowest BCUT2D eigenvalue weighted by atomic mass is 10.1. The molecule has 0 aliphatic rings. The lowest BCUT2D eigenvalue weighted by Crippen LogP contribution is -2.30. The molecular formula is C23H29N3O5S2. The molecule has 0 radical (unpaired) electrons. The normalized spacial score (nSPS) is 10.5. The second-order valence-corrected chi connectivity index (χ2v) is 8.77. The van der Waals surface area contributed by atoms with Gasteiger partial charge in [-0.2, -0.15) is 0 Å². The van der Waals surface area contributed by atoms with Crippen LogP contribution in [0.4, 0.5) is 10.7 Å². The molecule has 0 saturated carbocycles. The third kappa shape index (κ3) is 6.52. The van der Waals surface area contributed by atoms with Crippen LogP contribution in [-0.4, -0.2) is 54.2 Å². The Bertz CT molecular complexity index is 1030. The van der Waals surface area contributed by atoms with Crippen molar-refractivity contribution in [1.29, 1.82) is 0 Å². The number of methoxy groups -OCH3 is 1. The predicted molar refractivity (Wildman–Crippen MR) is 134 cm³/mol. The molecule has 0 bridgehead atoms. The lowest BCUT2D eigenvalue weighted by molar-refractivity contribution is 0.0377. The van der Waals surface area contributed by atoms with E-state index in [1.807, 2.05) is 13.8 Å². The summed E-state index contributed by atoms with van der Waals surface area (Å²) < 4.78 is 10.1. The molecule has 0 unspecified atom stereocenters. The Balaban J connectivity index is 2.22. The molecule has 2 aromatic rings. The molecule has 1 amide bonds. The van der Waals surface area contributed by atoms with Crippen molar-refractivity contribution in [1.82, 2.24) is 4.90 Å². The summed E-state index contributed by atoms with van der Waals surface area (Å²) in [7, 11) is 1.29. The van der Waals surface area contributed by atoms with Crippen LogP contribution < -0.4 is 10.6 Å². The summed E-state index contributed by atoms with van der Waals surface area (Å²) in [6, 6.07) is 6.65. The topological polar surface area (TPSA) is 97.0 Å². The zero-order chi connectivity index (χ0) is 24.7. The first kappa shape index (κ1) is 26.3. The van der Waals surface area contributed by atoms with Gasteiger partial charge in [-0.25, -0.2) is 9.59 Å². The van der Waals surface area contributed by atoms with Gasteiger partial charge in [0.15, 0.2) is 5.11 Å². The smallest absolute Gasteiger partial charge is 0.341 e. The minimum absolute atomic E-state index is 0.150. The SMILES string of the molecule is CCN(CC)C(=O)c1sc(NC(=S)Nc2ccc(C(=O)OC(C)C)cc2)c(C(=O)OC)c1C. The van der Waals surface area contributed by atoms with Crippen molar-refractivity contribution in [3.63, 3.8) is 0 Å². The van der Waals surface area contributed by atoms with E-state index in [9.17, 15) is 14.4 Å². The van der Waals surface area contributed by atoms with E-state index in [4.69, 9.17) is 21.7 Å². The zero-order valence-corrected chi connectivity index (χ0v) is 21.2. The van der Waals surface area contributed by atoms with Gasteiger partial charge in [-0.3, -0.25) is 4.79 Å². The molecular weight excluding hydrogens is 462 g/mol. The third-order valence-electron chi connectivity index (χ3n) is 4.73. The molecule has 0 fully saturated rings. The number of thiophene rings is 1. The molecule has 0 aliphatic heterocycles. The van der Waals surface area contributed by atoms with E-state index in [0.717, 1.165) is 11.3 Å². The van der Waals surface area contributed by atoms with Crippen LogP contribution in [0, 0.1) is 6.92 Å². The minimum Gasteiger partial charge on any atom is -0.465 e. The lowest BCUT2D eigenvalue weighted by Gasteiger charge is -2.17. The first-order valence-corrected chi connectivity index (χ1v) is 11.7. The van der Waals surface area contributed by atoms with Crippen LogP contribution in [0.25, 0.3) is 0 Å². The summed E-state index contributed by atoms with van der Waals surface area (Å²) in [5, 5.41) is 6.66. The maximum atomic E-state index is 12.9. The maximum absolute atomic E-state index is 12.9. The summed E-state index contributed by atoms with van der Waals surface area (Å²) in [6.45, 7) is 10.2. The molecule has 10 heteroatoms. The van der Waals surface area contributed by atoms with Gasteiger partial charge < -0.3 is 25.0 Å². The van der Waals surface area contributed by atoms with Crippen LogP contribution in [0.15, 0.2) is 24.3 Å². The highest BCUT2D eigenvalue weighted by molar-refractivity contribution is 7.80. The number of anilines is 2. The largest absolute Gasteiger partial charge is 0.465 e. The Morgan fingerprint density at radius 1 is 1.06 bits per heavy atom.